The molecule has 1 N–H and O–H groups in total. The van der Waals surface area contributed by atoms with E-state index in [1.54, 1.807) is 0 Å². The number of hydrogen-bond donors (Lipinski definition) is 1. The molecule has 0 aromatic heterocycles. The van der Waals surface area contributed by atoms with Crippen LogP contribution >= 0.6 is 23.2 Å². The highest BCUT2D eigenvalue weighted by Crippen LogP contribution is 2.42. The summed E-state index contributed by atoms with van der Waals surface area (Å²) in [5.41, 5.74) is -0.624. The van der Waals surface area contributed by atoms with Crippen LogP contribution in [0.5, 0.6) is 0 Å². The van der Waals surface area contributed by atoms with E-state index in [-0.39, 0.29) is 30.3 Å². The molecule has 1 amide bonds. The number of esters is 1. The Morgan fingerprint density at radius 2 is 1.74 bits per heavy atom. The Labute approximate surface area is 239 Å². The van der Waals surface area contributed by atoms with E-state index in [0.717, 1.165) is 38.0 Å². The maximum absolute atomic E-state index is 14.0. The van der Waals surface area contributed by atoms with Crippen LogP contribution in [0.15, 0.2) is 18.2 Å². The van der Waals surface area contributed by atoms with Gasteiger partial charge in [-0.05, 0) is 64.6 Å². The van der Waals surface area contributed by atoms with Gasteiger partial charge in [-0.25, -0.2) is 0 Å². The van der Waals surface area contributed by atoms with Crippen LogP contribution in [0, 0.1) is 11.3 Å². The third kappa shape index (κ3) is 8.58. The van der Waals surface area contributed by atoms with Crippen LogP contribution in [-0.2, 0) is 20.9 Å². The van der Waals surface area contributed by atoms with Crippen molar-refractivity contribution in [2.24, 2.45) is 11.3 Å². The summed E-state index contributed by atoms with van der Waals surface area (Å²) in [6, 6.07) is 5.62. The molecule has 1 aromatic rings. The van der Waals surface area contributed by atoms with Crippen LogP contribution < -0.4 is 5.32 Å². The van der Waals surface area contributed by atoms with Crippen molar-refractivity contribution in [3.05, 3.63) is 33.8 Å². The maximum Gasteiger partial charge on any atom is 0.307 e. The molecule has 3 rings (SSSR count). The molecule has 214 valence electrons. The lowest BCUT2D eigenvalue weighted by Crippen LogP contribution is -2.53. The second-order valence-corrected chi connectivity index (χ2v) is 13.2. The molecule has 0 bridgehead atoms. The van der Waals surface area contributed by atoms with Gasteiger partial charge < -0.3 is 15.0 Å². The van der Waals surface area contributed by atoms with Gasteiger partial charge in [-0.15, -0.1) is 0 Å². The Morgan fingerprint density at radius 3 is 2.34 bits per heavy atom. The normalized spacial score (nSPS) is 23.5. The van der Waals surface area contributed by atoms with Gasteiger partial charge in [0.15, 0.2) is 0 Å². The van der Waals surface area contributed by atoms with Crippen molar-refractivity contribution in [3.8, 4) is 0 Å². The van der Waals surface area contributed by atoms with Crippen molar-refractivity contribution >= 4 is 35.1 Å². The standard InChI is InChI=1S/C30H47Cl2N3O3/c1-6-7-8-9-15-34-16-13-23(14-17-34)33-28(37)30(18-27(36)38-29(3,4)5)21-35(19-22(30)2)20-24-25(31)11-10-12-26(24)32/h10-12,22-23H,6-9,13-21H2,1-5H3,(H,33,37)/t22-,30-/m0/s1. The number of nitrogens with zero attached hydrogens (tertiary/aromatic N) is 2. The lowest BCUT2D eigenvalue weighted by Gasteiger charge is -2.37. The number of rotatable bonds is 11. The van der Waals surface area contributed by atoms with E-state index in [1.165, 1.54) is 25.7 Å². The summed E-state index contributed by atoms with van der Waals surface area (Å²) in [4.78, 5) is 31.8. The number of halogens is 2. The first-order valence-corrected chi connectivity index (χ1v) is 15.1. The Balaban J connectivity index is 1.69. The van der Waals surface area contributed by atoms with Crippen LogP contribution in [0.25, 0.3) is 0 Å². The second kappa shape index (κ2) is 13.8. The summed E-state index contributed by atoms with van der Waals surface area (Å²) in [6.45, 7) is 14.7. The zero-order valence-corrected chi connectivity index (χ0v) is 25.5. The molecule has 2 atom stereocenters. The minimum absolute atomic E-state index is 0.0325. The Kier molecular flexibility index (Phi) is 11.4. The number of piperidine rings is 1. The first-order chi connectivity index (χ1) is 17.9. The zero-order valence-electron chi connectivity index (χ0n) is 24.0. The van der Waals surface area contributed by atoms with Crippen molar-refractivity contribution in [3.63, 3.8) is 0 Å². The maximum atomic E-state index is 14.0. The van der Waals surface area contributed by atoms with Gasteiger partial charge in [0.1, 0.15) is 5.60 Å². The molecule has 8 heteroatoms. The molecule has 6 nitrogen and oxygen atoms in total. The molecular weight excluding hydrogens is 521 g/mol. The number of benzene rings is 1. The molecule has 2 heterocycles. The van der Waals surface area contributed by atoms with Gasteiger partial charge in [0, 0.05) is 54.4 Å². The summed E-state index contributed by atoms with van der Waals surface area (Å²) in [5.74, 6) is -0.404. The molecule has 2 fully saturated rings. The molecule has 38 heavy (non-hydrogen) atoms. The predicted octanol–water partition coefficient (Wildman–Crippen LogP) is 6.32. The average Bonchev–Trinajstić information content (AvgIpc) is 3.14. The smallest absolute Gasteiger partial charge is 0.307 e. The third-order valence-electron chi connectivity index (χ3n) is 8.01. The van der Waals surface area contributed by atoms with Crippen molar-refractivity contribution in [1.29, 1.82) is 0 Å². The van der Waals surface area contributed by atoms with Gasteiger partial charge in [0.05, 0.1) is 11.8 Å². The molecule has 0 unspecified atom stereocenters. The highest BCUT2D eigenvalue weighted by atomic mass is 35.5. The number of nitrogens with one attached hydrogen (secondary N) is 1. The van der Waals surface area contributed by atoms with E-state index >= 15 is 0 Å². The van der Waals surface area contributed by atoms with E-state index in [2.05, 4.69) is 29.0 Å². The molecule has 0 spiro atoms. The summed E-state index contributed by atoms with van der Waals surface area (Å²) in [6.07, 6.45) is 7.01. The Hall–Kier alpha value is -1.34. The highest BCUT2D eigenvalue weighted by molar-refractivity contribution is 6.35. The third-order valence-corrected chi connectivity index (χ3v) is 8.72. The van der Waals surface area contributed by atoms with Crippen LogP contribution in [0.1, 0.15) is 85.1 Å². The SMILES string of the molecule is CCCCCCN1CCC(NC(=O)[C@@]2(CC(=O)OC(C)(C)C)CN(Cc3c(Cl)cccc3Cl)C[C@@H]2C)CC1. The Bertz CT molecular complexity index is 923. The number of ether oxygens (including phenoxy) is 1. The van der Waals surface area contributed by atoms with Gasteiger partial charge in [-0.3, -0.25) is 14.5 Å². The van der Waals surface area contributed by atoms with Crippen LogP contribution in [0.4, 0.5) is 0 Å². The second-order valence-electron chi connectivity index (χ2n) is 12.3. The number of carbonyl (C=O) groups is 2. The van der Waals surface area contributed by atoms with Gasteiger partial charge in [-0.1, -0.05) is 62.4 Å². The van der Waals surface area contributed by atoms with Gasteiger partial charge in [-0.2, -0.15) is 0 Å². The van der Waals surface area contributed by atoms with Gasteiger partial charge in [0.2, 0.25) is 5.91 Å². The quantitative estimate of drug-likeness (QED) is 0.250. The zero-order chi connectivity index (χ0) is 27.9. The van der Waals surface area contributed by atoms with Crippen LogP contribution in [0.2, 0.25) is 10.0 Å². The lowest BCUT2D eigenvalue weighted by atomic mass is 9.75. The molecule has 0 radical (unpaired) electrons. The van der Waals surface area contributed by atoms with Gasteiger partial charge >= 0.3 is 5.97 Å². The van der Waals surface area contributed by atoms with Gasteiger partial charge in [0.25, 0.3) is 0 Å². The summed E-state index contributed by atoms with van der Waals surface area (Å²) in [5, 5.41) is 4.58. The van der Waals surface area contributed by atoms with E-state index < -0.39 is 11.0 Å². The Morgan fingerprint density at radius 1 is 1.08 bits per heavy atom. The summed E-state index contributed by atoms with van der Waals surface area (Å²) in [7, 11) is 0. The number of unbranched alkanes of at least 4 members (excludes halogenated alkanes) is 3. The van der Waals surface area contributed by atoms with Crippen molar-refractivity contribution in [2.45, 2.75) is 97.8 Å². The fraction of sp³-hybridized carbons (Fsp3) is 0.733. The van der Waals surface area contributed by atoms with E-state index in [1.807, 2.05) is 39.0 Å². The van der Waals surface area contributed by atoms with E-state index in [9.17, 15) is 9.59 Å². The van der Waals surface area contributed by atoms with Crippen molar-refractivity contribution in [1.82, 2.24) is 15.1 Å². The predicted molar refractivity (Wildman–Crippen MR) is 156 cm³/mol. The molecule has 0 saturated carbocycles. The number of likely N-dealkylation sites (tertiary alicyclic amines) is 2. The molecular formula is C30H47Cl2N3O3. The number of amides is 1. The molecule has 0 aliphatic carbocycles. The molecule has 1 aromatic carbocycles. The molecule has 2 aliphatic heterocycles. The number of hydrogen-bond acceptors (Lipinski definition) is 5. The first kappa shape index (κ1) is 31.2. The fourth-order valence-corrected chi connectivity index (χ4v) is 6.36. The minimum Gasteiger partial charge on any atom is -0.460 e. The topological polar surface area (TPSA) is 61.9 Å². The van der Waals surface area contributed by atoms with E-state index in [0.29, 0.717) is 29.7 Å². The van der Waals surface area contributed by atoms with Crippen LogP contribution in [-0.4, -0.2) is 66.0 Å². The molecule has 2 saturated heterocycles. The average molecular weight is 569 g/mol. The number of carbonyl (C=O) groups excluding carboxylic acids is 2. The van der Waals surface area contributed by atoms with E-state index in [4.69, 9.17) is 27.9 Å². The fourth-order valence-electron chi connectivity index (χ4n) is 5.84. The van der Waals surface area contributed by atoms with Crippen molar-refractivity contribution < 1.29 is 14.3 Å². The van der Waals surface area contributed by atoms with Crippen LogP contribution in [0.3, 0.4) is 0 Å². The van der Waals surface area contributed by atoms with Crippen molar-refractivity contribution in [2.75, 3.05) is 32.7 Å². The summed E-state index contributed by atoms with van der Waals surface area (Å²) < 4.78 is 5.69. The summed E-state index contributed by atoms with van der Waals surface area (Å²) >= 11 is 12.9. The lowest BCUT2D eigenvalue weighted by molar-refractivity contribution is -0.161. The monoisotopic (exact) mass is 567 g/mol. The largest absolute Gasteiger partial charge is 0.460 e. The highest BCUT2D eigenvalue weighted by Gasteiger charge is 2.52. The minimum atomic E-state index is -0.868. The first-order valence-electron chi connectivity index (χ1n) is 14.3. The molecule has 2 aliphatic rings.